The minimum absolute atomic E-state index is 0.402. The normalized spacial score (nSPS) is 12.6. The van der Waals surface area contributed by atoms with Gasteiger partial charge in [0.05, 0.1) is 0 Å². The Morgan fingerprint density at radius 1 is 1.22 bits per heavy atom. The first-order valence-corrected chi connectivity index (χ1v) is 9.10. The third kappa shape index (κ3) is 5.17. The van der Waals surface area contributed by atoms with E-state index in [1.165, 1.54) is 11.1 Å². The number of nitrogens with zero attached hydrogens (tertiary/aromatic N) is 4. The van der Waals surface area contributed by atoms with Gasteiger partial charge in [0.25, 0.3) is 0 Å². The van der Waals surface area contributed by atoms with Crippen LogP contribution >= 0.6 is 0 Å². The number of hydrogen-bond donors (Lipinski definition) is 2. The number of aliphatic imine (C=N–C) groups is 1. The highest BCUT2D eigenvalue weighted by molar-refractivity contribution is 5.79. The Bertz CT molecular complexity index is 868. The summed E-state index contributed by atoms with van der Waals surface area (Å²) in [5.41, 5.74) is 3.71. The zero-order valence-corrected chi connectivity index (χ0v) is 16.1. The highest BCUT2D eigenvalue weighted by Gasteiger charge is 2.07. The van der Waals surface area contributed by atoms with E-state index in [4.69, 9.17) is 0 Å². The number of aromatic nitrogens is 3. The molecule has 2 heterocycles. The molecule has 0 fully saturated rings. The Morgan fingerprint density at radius 3 is 2.78 bits per heavy atom. The minimum Gasteiger partial charge on any atom is -0.356 e. The predicted molar refractivity (Wildman–Crippen MR) is 109 cm³/mol. The third-order valence-corrected chi connectivity index (χ3v) is 4.45. The number of rotatable bonds is 6. The number of imidazole rings is 1. The van der Waals surface area contributed by atoms with E-state index in [1.54, 1.807) is 19.6 Å². The number of benzene rings is 1. The fraction of sp³-hybridized carbons (Fsp3) is 0.286. The van der Waals surface area contributed by atoms with Crippen LogP contribution in [0.3, 0.4) is 0 Å². The number of aryl methyl sites for hydroxylation is 1. The Labute approximate surface area is 160 Å². The maximum atomic E-state index is 4.47. The topological polar surface area (TPSA) is 67.1 Å². The molecule has 2 aromatic heterocycles. The van der Waals surface area contributed by atoms with Crippen molar-refractivity contribution in [1.29, 1.82) is 0 Å². The Balaban J connectivity index is 1.50. The van der Waals surface area contributed by atoms with Crippen LogP contribution in [0.1, 0.15) is 29.5 Å². The van der Waals surface area contributed by atoms with Crippen LogP contribution in [0.5, 0.6) is 0 Å². The van der Waals surface area contributed by atoms with Crippen molar-refractivity contribution in [3.05, 3.63) is 78.0 Å². The van der Waals surface area contributed by atoms with Crippen molar-refractivity contribution >= 4 is 5.96 Å². The van der Waals surface area contributed by atoms with Crippen LogP contribution in [0, 0.1) is 6.92 Å². The molecule has 3 rings (SSSR count). The highest BCUT2D eigenvalue weighted by atomic mass is 15.2. The van der Waals surface area contributed by atoms with Gasteiger partial charge in [-0.1, -0.05) is 42.8 Å². The molecule has 0 bridgehead atoms. The Morgan fingerprint density at radius 2 is 2.11 bits per heavy atom. The zero-order chi connectivity index (χ0) is 19.1. The molecule has 0 spiro atoms. The van der Waals surface area contributed by atoms with Gasteiger partial charge < -0.3 is 10.6 Å². The Hall–Kier alpha value is -3.15. The molecule has 6 heteroatoms. The fourth-order valence-electron chi connectivity index (χ4n) is 2.82. The van der Waals surface area contributed by atoms with Crippen molar-refractivity contribution in [3.8, 4) is 5.82 Å². The van der Waals surface area contributed by atoms with Crippen molar-refractivity contribution in [3.63, 3.8) is 0 Å². The van der Waals surface area contributed by atoms with Gasteiger partial charge in [-0.25, -0.2) is 9.97 Å². The van der Waals surface area contributed by atoms with E-state index in [-0.39, 0.29) is 0 Å². The van der Waals surface area contributed by atoms with Gasteiger partial charge in [-0.15, -0.1) is 0 Å². The third-order valence-electron chi connectivity index (χ3n) is 4.45. The van der Waals surface area contributed by atoms with E-state index >= 15 is 0 Å². The molecule has 1 atom stereocenters. The van der Waals surface area contributed by atoms with Gasteiger partial charge in [0.15, 0.2) is 5.96 Å². The lowest BCUT2D eigenvalue weighted by Crippen LogP contribution is -2.38. The number of nitrogens with one attached hydrogen (secondary N) is 2. The smallest absolute Gasteiger partial charge is 0.191 e. The molecular weight excluding hydrogens is 336 g/mol. The second-order valence-corrected chi connectivity index (χ2v) is 6.62. The van der Waals surface area contributed by atoms with Crippen molar-refractivity contribution in [2.75, 3.05) is 13.6 Å². The summed E-state index contributed by atoms with van der Waals surface area (Å²) in [5, 5.41) is 6.74. The molecular formula is C21H26N6. The van der Waals surface area contributed by atoms with Crippen molar-refractivity contribution < 1.29 is 0 Å². The Kier molecular flexibility index (Phi) is 6.20. The molecule has 1 aromatic carbocycles. The lowest BCUT2D eigenvalue weighted by Gasteiger charge is -2.17. The van der Waals surface area contributed by atoms with E-state index < -0.39 is 0 Å². The molecule has 0 saturated carbocycles. The first kappa shape index (κ1) is 18.6. The zero-order valence-electron chi connectivity index (χ0n) is 16.1. The minimum atomic E-state index is 0.402. The van der Waals surface area contributed by atoms with Crippen LogP contribution in [0.25, 0.3) is 5.82 Å². The van der Waals surface area contributed by atoms with Crippen LogP contribution < -0.4 is 10.6 Å². The summed E-state index contributed by atoms with van der Waals surface area (Å²) in [6, 6.07) is 12.7. The van der Waals surface area contributed by atoms with Gasteiger partial charge in [-0.3, -0.25) is 9.56 Å². The second kappa shape index (κ2) is 8.98. The lowest BCUT2D eigenvalue weighted by atomic mass is 9.99. The number of pyridine rings is 1. The first-order valence-electron chi connectivity index (χ1n) is 9.10. The predicted octanol–water partition coefficient (Wildman–Crippen LogP) is 3.04. The second-order valence-electron chi connectivity index (χ2n) is 6.62. The first-order chi connectivity index (χ1) is 13.2. The summed E-state index contributed by atoms with van der Waals surface area (Å²) in [6.07, 6.45) is 7.22. The molecule has 3 aromatic rings. The molecule has 0 aliphatic carbocycles. The van der Waals surface area contributed by atoms with Crippen LogP contribution in [0.2, 0.25) is 0 Å². The van der Waals surface area contributed by atoms with Gasteiger partial charge in [0, 0.05) is 38.7 Å². The van der Waals surface area contributed by atoms with E-state index in [0.717, 1.165) is 23.9 Å². The van der Waals surface area contributed by atoms with E-state index in [9.17, 15) is 0 Å². The summed E-state index contributed by atoms with van der Waals surface area (Å²) in [4.78, 5) is 12.8. The summed E-state index contributed by atoms with van der Waals surface area (Å²) >= 11 is 0. The molecule has 6 nitrogen and oxygen atoms in total. The van der Waals surface area contributed by atoms with Gasteiger partial charge >= 0.3 is 0 Å². The van der Waals surface area contributed by atoms with Crippen molar-refractivity contribution in [2.45, 2.75) is 26.3 Å². The molecule has 0 aliphatic heterocycles. The molecule has 140 valence electrons. The maximum absolute atomic E-state index is 4.47. The van der Waals surface area contributed by atoms with Gasteiger partial charge in [0.2, 0.25) is 0 Å². The molecule has 0 amide bonds. The average molecular weight is 362 g/mol. The molecule has 1 unspecified atom stereocenters. The quantitative estimate of drug-likeness (QED) is 0.522. The molecule has 27 heavy (non-hydrogen) atoms. The van der Waals surface area contributed by atoms with Gasteiger partial charge in [0.1, 0.15) is 12.1 Å². The molecule has 0 saturated heterocycles. The average Bonchev–Trinajstić information content (AvgIpc) is 3.23. The largest absolute Gasteiger partial charge is 0.356 e. The van der Waals surface area contributed by atoms with Crippen LogP contribution in [0.4, 0.5) is 0 Å². The van der Waals surface area contributed by atoms with E-state index in [0.29, 0.717) is 12.5 Å². The summed E-state index contributed by atoms with van der Waals surface area (Å²) in [5.74, 6) is 2.04. The van der Waals surface area contributed by atoms with Crippen molar-refractivity contribution in [2.24, 2.45) is 4.99 Å². The summed E-state index contributed by atoms with van der Waals surface area (Å²) in [6.45, 7) is 5.82. The fourth-order valence-corrected chi connectivity index (χ4v) is 2.82. The number of guanidine groups is 1. The molecule has 0 radical (unpaired) electrons. The monoisotopic (exact) mass is 362 g/mol. The molecule has 0 aliphatic rings. The van der Waals surface area contributed by atoms with Gasteiger partial charge in [-0.2, -0.15) is 0 Å². The van der Waals surface area contributed by atoms with Crippen molar-refractivity contribution in [1.82, 2.24) is 25.2 Å². The SMILES string of the molecule is CN=C(NCc1ccc(-n2ccnc2)nc1)NCC(C)c1cccc(C)c1. The highest BCUT2D eigenvalue weighted by Crippen LogP contribution is 2.15. The number of hydrogen-bond acceptors (Lipinski definition) is 3. The maximum Gasteiger partial charge on any atom is 0.191 e. The summed E-state index contributed by atoms with van der Waals surface area (Å²) in [7, 11) is 1.78. The summed E-state index contributed by atoms with van der Waals surface area (Å²) < 4.78 is 1.88. The van der Waals surface area contributed by atoms with Crippen LogP contribution in [-0.4, -0.2) is 34.1 Å². The van der Waals surface area contributed by atoms with E-state index in [2.05, 4.69) is 69.8 Å². The van der Waals surface area contributed by atoms with Gasteiger partial charge in [-0.05, 0) is 30.0 Å². The van der Waals surface area contributed by atoms with Crippen LogP contribution in [-0.2, 0) is 6.54 Å². The standard InChI is InChI=1S/C21H26N6/c1-16-5-4-6-19(11-16)17(2)12-25-21(22-3)26-14-18-7-8-20(24-13-18)27-10-9-23-15-27/h4-11,13,15,17H,12,14H2,1-3H3,(H2,22,25,26). The van der Waals surface area contributed by atoms with E-state index in [1.807, 2.05) is 23.0 Å². The lowest BCUT2D eigenvalue weighted by molar-refractivity contribution is 0.698. The molecule has 2 N–H and O–H groups in total. The van der Waals surface area contributed by atoms with Crippen LogP contribution in [0.15, 0.2) is 66.3 Å².